The smallest absolute Gasteiger partial charge is 0.332 e. The molecule has 2 aromatic heterocycles. The number of hydrogen-bond donors (Lipinski definition) is 1. The quantitative estimate of drug-likeness (QED) is 0.838. The number of imidazole rings is 1. The zero-order valence-electron chi connectivity index (χ0n) is 11.7. The highest BCUT2D eigenvalue weighted by molar-refractivity contribution is 5.69. The predicted octanol–water partition coefficient (Wildman–Crippen LogP) is 0.864. The van der Waals surface area contributed by atoms with Gasteiger partial charge in [0.1, 0.15) is 11.3 Å². The summed E-state index contributed by atoms with van der Waals surface area (Å²) in [5, 5.41) is 0. The molecule has 6 nitrogen and oxygen atoms in total. The zero-order chi connectivity index (χ0) is 14.0. The van der Waals surface area contributed by atoms with E-state index in [9.17, 15) is 9.59 Å². The molecule has 2 aliphatic carbocycles. The molecule has 0 spiro atoms. The highest BCUT2D eigenvalue weighted by Crippen LogP contribution is 2.52. The maximum Gasteiger partial charge on any atom is 0.332 e. The topological polar surface area (TPSA) is 72.7 Å². The van der Waals surface area contributed by atoms with Gasteiger partial charge in [-0.05, 0) is 31.1 Å². The third-order valence-corrected chi connectivity index (χ3v) is 5.20. The molecule has 2 saturated carbocycles. The van der Waals surface area contributed by atoms with E-state index in [2.05, 4.69) is 9.97 Å². The van der Waals surface area contributed by atoms with Crippen molar-refractivity contribution in [2.24, 2.45) is 25.9 Å². The van der Waals surface area contributed by atoms with Crippen LogP contribution in [0.1, 0.15) is 37.4 Å². The first-order chi connectivity index (χ1) is 9.56. The van der Waals surface area contributed by atoms with Crippen LogP contribution in [0.5, 0.6) is 0 Å². The maximum absolute atomic E-state index is 12.2. The first kappa shape index (κ1) is 11.9. The summed E-state index contributed by atoms with van der Waals surface area (Å²) in [5.74, 6) is 2.85. The van der Waals surface area contributed by atoms with Crippen LogP contribution in [0.25, 0.3) is 11.2 Å². The Balaban J connectivity index is 1.92. The van der Waals surface area contributed by atoms with E-state index in [1.165, 1.54) is 37.3 Å². The minimum absolute atomic E-state index is 0.287. The van der Waals surface area contributed by atoms with Crippen LogP contribution in [0.3, 0.4) is 0 Å². The van der Waals surface area contributed by atoms with E-state index in [0.717, 1.165) is 16.3 Å². The zero-order valence-corrected chi connectivity index (χ0v) is 11.7. The molecule has 2 aliphatic rings. The number of H-pyrrole nitrogens is 1. The second-order valence-electron chi connectivity index (χ2n) is 6.31. The Morgan fingerprint density at radius 1 is 1.15 bits per heavy atom. The number of fused-ring (bicyclic) bond motifs is 3. The fourth-order valence-corrected chi connectivity index (χ4v) is 4.10. The molecule has 106 valence electrons. The molecule has 0 aromatic carbocycles. The van der Waals surface area contributed by atoms with Gasteiger partial charge in [0.25, 0.3) is 5.56 Å². The van der Waals surface area contributed by atoms with E-state index in [1.807, 2.05) is 0 Å². The molecular formula is C14H18N4O2. The van der Waals surface area contributed by atoms with Crippen molar-refractivity contribution in [1.29, 1.82) is 0 Å². The van der Waals surface area contributed by atoms with E-state index in [-0.39, 0.29) is 11.2 Å². The number of aromatic nitrogens is 4. The lowest BCUT2D eigenvalue weighted by atomic mass is 9.88. The van der Waals surface area contributed by atoms with Crippen molar-refractivity contribution in [2.45, 2.75) is 31.6 Å². The SMILES string of the molecule is Cn1c(=O)c2[nH]c([C@@H]3C[C@@H]4CC[C@@H]3C4)nc2n(C)c1=O. The summed E-state index contributed by atoms with van der Waals surface area (Å²) >= 11 is 0. The number of rotatable bonds is 1. The van der Waals surface area contributed by atoms with Gasteiger partial charge in [-0.25, -0.2) is 9.78 Å². The lowest BCUT2D eigenvalue weighted by Gasteiger charge is -2.18. The van der Waals surface area contributed by atoms with Crippen molar-refractivity contribution in [3.63, 3.8) is 0 Å². The van der Waals surface area contributed by atoms with Crippen LogP contribution in [0, 0.1) is 11.8 Å². The average molecular weight is 274 g/mol. The van der Waals surface area contributed by atoms with Crippen molar-refractivity contribution < 1.29 is 0 Å². The minimum Gasteiger partial charge on any atom is -0.336 e. The second kappa shape index (κ2) is 3.84. The molecule has 4 rings (SSSR count). The molecule has 2 aromatic rings. The van der Waals surface area contributed by atoms with Crippen LogP contribution in [0.15, 0.2) is 9.59 Å². The van der Waals surface area contributed by atoms with E-state index in [1.54, 1.807) is 7.05 Å². The first-order valence-electron chi connectivity index (χ1n) is 7.22. The van der Waals surface area contributed by atoms with Crippen molar-refractivity contribution >= 4 is 11.2 Å². The molecular weight excluding hydrogens is 256 g/mol. The summed E-state index contributed by atoms with van der Waals surface area (Å²) in [6, 6.07) is 0. The number of hydrogen-bond acceptors (Lipinski definition) is 3. The van der Waals surface area contributed by atoms with Gasteiger partial charge >= 0.3 is 5.69 Å². The lowest BCUT2D eigenvalue weighted by molar-refractivity contribution is 0.408. The number of aromatic amines is 1. The van der Waals surface area contributed by atoms with E-state index >= 15 is 0 Å². The van der Waals surface area contributed by atoms with Gasteiger partial charge in [0.2, 0.25) is 0 Å². The fourth-order valence-electron chi connectivity index (χ4n) is 4.10. The summed E-state index contributed by atoms with van der Waals surface area (Å²) in [6.45, 7) is 0. The Hall–Kier alpha value is -1.85. The second-order valence-corrected chi connectivity index (χ2v) is 6.31. The molecule has 2 heterocycles. The first-order valence-corrected chi connectivity index (χ1v) is 7.22. The van der Waals surface area contributed by atoms with Gasteiger partial charge in [0.05, 0.1) is 0 Å². The van der Waals surface area contributed by atoms with E-state index in [4.69, 9.17) is 0 Å². The Morgan fingerprint density at radius 3 is 2.60 bits per heavy atom. The van der Waals surface area contributed by atoms with Gasteiger partial charge in [-0.3, -0.25) is 13.9 Å². The maximum atomic E-state index is 12.2. The van der Waals surface area contributed by atoms with Gasteiger partial charge in [0, 0.05) is 20.0 Å². The molecule has 2 fully saturated rings. The highest BCUT2D eigenvalue weighted by Gasteiger charge is 2.41. The predicted molar refractivity (Wildman–Crippen MR) is 74.8 cm³/mol. The van der Waals surface area contributed by atoms with Crippen LogP contribution >= 0.6 is 0 Å². The Kier molecular flexibility index (Phi) is 2.29. The number of nitrogens with zero attached hydrogens (tertiary/aromatic N) is 3. The molecule has 6 heteroatoms. The molecule has 20 heavy (non-hydrogen) atoms. The van der Waals surface area contributed by atoms with E-state index < -0.39 is 0 Å². The Labute approximate surface area is 115 Å². The molecule has 0 radical (unpaired) electrons. The van der Waals surface area contributed by atoms with Crippen LogP contribution in [0.2, 0.25) is 0 Å². The van der Waals surface area contributed by atoms with Crippen molar-refractivity contribution in [3.8, 4) is 0 Å². The van der Waals surface area contributed by atoms with Gasteiger partial charge in [0.15, 0.2) is 5.65 Å². The average Bonchev–Trinajstić information content (AvgIpc) is 3.15. The Bertz CT molecular complexity index is 813. The molecule has 0 aliphatic heterocycles. The van der Waals surface area contributed by atoms with Crippen LogP contribution < -0.4 is 11.2 Å². The third kappa shape index (κ3) is 1.42. The summed E-state index contributed by atoms with van der Waals surface area (Å²) in [7, 11) is 3.16. The summed E-state index contributed by atoms with van der Waals surface area (Å²) in [4.78, 5) is 31.9. The van der Waals surface area contributed by atoms with Gasteiger partial charge < -0.3 is 4.98 Å². The summed E-state index contributed by atoms with van der Waals surface area (Å²) in [6.07, 6.45) is 5.06. The molecule has 3 atom stereocenters. The number of aryl methyl sites for hydroxylation is 1. The van der Waals surface area contributed by atoms with Crippen LogP contribution in [-0.4, -0.2) is 19.1 Å². The highest BCUT2D eigenvalue weighted by atomic mass is 16.2. The van der Waals surface area contributed by atoms with Crippen molar-refractivity contribution in [1.82, 2.24) is 19.1 Å². The molecule has 2 bridgehead atoms. The van der Waals surface area contributed by atoms with Gasteiger partial charge in [-0.2, -0.15) is 0 Å². The lowest BCUT2D eigenvalue weighted by Crippen LogP contribution is -2.36. The molecule has 0 saturated heterocycles. The van der Waals surface area contributed by atoms with Crippen LogP contribution in [-0.2, 0) is 14.1 Å². The van der Waals surface area contributed by atoms with Crippen LogP contribution in [0.4, 0.5) is 0 Å². The summed E-state index contributed by atoms with van der Waals surface area (Å²) < 4.78 is 2.58. The van der Waals surface area contributed by atoms with Gasteiger partial charge in [-0.1, -0.05) is 6.42 Å². The largest absolute Gasteiger partial charge is 0.336 e. The van der Waals surface area contributed by atoms with Gasteiger partial charge in [-0.15, -0.1) is 0 Å². The number of nitrogens with one attached hydrogen (secondary N) is 1. The normalized spacial score (nSPS) is 28.6. The monoisotopic (exact) mass is 274 g/mol. The third-order valence-electron chi connectivity index (χ3n) is 5.20. The molecule has 1 N–H and O–H groups in total. The molecule has 0 amide bonds. The standard InChI is InChI=1S/C14H18N4O2/c1-17-12-10(13(19)18(2)14(17)20)15-11(16-12)9-6-7-3-4-8(9)5-7/h7-9H,3-6H2,1-2H3,(H,15,16)/t7-,8-,9-/m1/s1. The fraction of sp³-hybridized carbons (Fsp3) is 0.643. The molecule has 0 unspecified atom stereocenters. The van der Waals surface area contributed by atoms with E-state index in [0.29, 0.717) is 23.0 Å². The Morgan fingerprint density at radius 2 is 1.95 bits per heavy atom. The van der Waals surface area contributed by atoms with Crippen molar-refractivity contribution in [2.75, 3.05) is 0 Å². The minimum atomic E-state index is -0.325. The summed E-state index contributed by atoms with van der Waals surface area (Å²) in [5.41, 5.74) is 0.321. The van der Waals surface area contributed by atoms with Crippen molar-refractivity contribution in [3.05, 3.63) is 26.7 Å².